The van der Waals surface area contributed by atoms with Gasteiger partial charge in [0.1, 0.15) is 10.3 Å². The predicted octanol–water partition coefficient (Wildman–Crippen LogP) is 5.33. The number of rotatable bonds is 10. The number of thiophene rings is 1. The molecule has 4 heterocycles. The van der Waals surface area contributed by atoms with Gasteiger partial charge in [0.2, 0.25) is 0 Å². The van der Waals surface area contributed by atoms with Crippen molar-refractivity contribution in [3.63, 3.8) is 0 Å². The number of halogens is 2. The second kappa shape index (κ2) is 13.9. The summed E-state index contributed by atoms with van der Waals surface area (Å²) in [6.45, 7) is 6.68. The van der Waals surface area contributed by atoms with Crippen molar-refractivity contribution in [2.24, 2.45) is 0 Å². The highest BCUT2D eigenvalue weighted by Gasteiger charge is 2.30. The van der Waals surface area contributed by atoms with Crippen LogP contribution < -0.4 is 15.6 Å². The first kappa shape index (κ1) is 29.1. The molecule has 0 bridgehead atoms. The van der Waals surface area contributed by atoms with Crippen molar-refractivity contribution in [2.45, 2.75) is 51.7 Å². The van der Waals surface area contributed by atoms with E-state index in [0.29, 0.717) is 30.0 Å². The van der Waals surface area contributed by atoms with Crippen LogP contribution in [0.1, 0.15) is 47.7 Å². The van der Waals surface area contributed by atoms with E-state index in [1.807, 2.05) is 16.3 Å². The number of hydrogen-bond acceptors (Lipinski definition) is 7. The lowest BCUT2D eigenvalue weighted by molar-refractivity contribution is 0.0788. The number of carbonyl (C=O) groups is 2. The van der Waals surface area contributed by atoms with Crippen LogP contribution in [0.3, 0.4) is 0 Å². The van der Waals surface area contributed by atoms with Crippen LogP contribution in [0.5, 0.6) is 5.75 Å². The summed E-state index contributed by atoms with van der Waals surface area (Å²) in [7, 11) is 0. The van der Waals surface area contributed by atoms with Gasteiger partial charge < -0.3 is 20.0 Å². The molecule has 0 radical (unpaired) electrons. The molecule has 1 atom stereocenters. The van der Waals surface area contributed by atoms with Crippen molar-refractivity contribution in [1.82, 2.24) is 30.6 Å². The van der Waals surface area contributed by atoms with E-state index in [1.165, 1.54) is 0 Å². The van der Waals surface area contributed by atoms with E-state index in [2.05, 4.69) is 38.0 Å². The average Bonchev–Trinajstić information content (AvgIpc) is 3.44. The van der Waals surface area contributed by atoms with Crippen molar-refractivity contribution >= 4 is 46.5 Å². The van der Waals surface area contributed by atoms with E-state index in [4.69, 9.17) is 28.0 Å². The van der Waals surface area contributed by atoms with Crippen LogP contribution in [0.25, 0.3) is 0 Å². The minimum atomic E-state index is -0.266. The molecule has 3 aromatic rings. The van der Waals surface area contributed by atoms with E-state index in [1.54, 1.807) is 48.9 Å². The molecule has 3 amide bonds. The van der Waals surface area contributed by atoms with Gasteiger partial charge in [-0.25, -0.2) is 9.78 Å². The first-order chi connectivity index (χ1) is 18.8. The summed E-state index contributed by atoms with van der Waals surface area (Å²) < 4.78 is 0. The maximum absolute atomic E-state index is 13.1. The SMILES string of the molecule is Cc1cc(Cl)nc(Cl)c1C(=O)NCC[C@@H](C)N1CCC(N(Cc2ccsc2)C(=O)NOc2ccncc2)CC1. The van der Waals surface area contributed by atoms with Gasteiger partial charge in [0, 0.05) is 62.8 Å². The van der Waals surface area contributed by atoms with Gasteiger partial charge in [-0.05, 0) is 67.1 Å². The highest BCUT2D eigenvalue weighted by atomic mass is 35.5. The Balaban J connectivity index is 1.27. The topological polar surface area (TPSA) is 99.7 Å². The summed E-state index contributed by atoms with van der Waals surface area (Å²) in [5.41, 5.74) is 4.73. The Kier molecular flexibility index (Phi) is 10.4. The van der Waals surface area contributed by atoms with E-state index < -0.39 is 0 Å². The van der Waals surface area contributed by atoms with E-state index in [0.717, 1.165) is 37.9 Å². The van der Waals surface area contributed by atoms with Crippen molar-refractivity contribution < 1.29 is 14.4 Å². The van der Waals surface area contributed by atoms with E-state index >= 15 is 0 Å². The number of likely N-dealkylation sites (tertiary alicyclic amines) is 1. The van der Waals surface area contributed by atoms with Crippen molar-refractivity contribution in [3.05, 3.63) is 74.4 Å². The maximum atomic E-state index is 13.1. The smallest absolute Gasteiger partial charge is 0.351 e. The quantitative estimate of drug-likeness (QED) is 0.244. The molecular formula is C27H32Cl2N6O3S. The second-order valence-electron chi connectivity index (χ2n) is 9.54. The molecule has 1 saturated heterocycles. The van der Waals surface area contributed by atoms with Crippen LogP contribution in [0, 0.1) is 6.92 Å². The third kappa shape index (κ3) is 8.04. The Morgan fingerprint density at radius 1 is 1.23 bits per heavy atom. The van der Waals surface area contributed by atoms with Gasteiger partial charge in [0.15, 0.2) is 5.75 Å². The fraction of sp³-hybridized carbons (Fsp3) is 0.407. The Morgan fingerprint density at radius 2 is 1.97 bits per heavy atom. The number of urea groups is 1. The third-order valence-corrected chi connectivity index (χ3v) is 8.08. The van der Waals surface area contributed by atoms with Crippen LogP contribution in [-0.2, 0) is 6.54 Å². The number of piperidine rings is 1. The van der Waals surface area contributed by atoms with Crippen LogP contribution in [0.15, 0.2) is 47.4 Å². The Labute approximate surface area is 242 Å². The van der Waals surface area contributed by atoms with Crippen LogP contribution in [0.4, 0.5) is 4.79 Å². The lowest BCUT2D eigenvalue weighted by Gasteiger charge is -2.40. The summed E-state index contributed by atoms with van der Waals surface area (Å²) >= 11 is 13.7. The van der Waals surface area contributed by atoms with Gasteiger partial charge in [-0.15, -0.1) is 0 Å². The maximum Gasteiger partial charge on any atom is 0.351 e. The molecule has 12 heteroatoms. The molecule has 3 aromatic heterocycles. The zero-order valence-corrected chi connectivity index (χ0v) is 24.2. The summed E-state index contributed by atoms with van der Waals surface area (Å²) in [6.07, 6.45) is 5.69. The number of nitrogens with zero attached hydrogens (tertiary/aromatic N) is 4. The average molecular weight is 592 g/mol. The molecule has 2 N–H and O–H groups in total. The molecule has 4 rings (SSSR count). The molecular weight excluding hydrogens is 559 g/mol. The number of hydrogen-bond donors (Lipinski definition) is 2. The van der Waals surface area contributed by atoms with Gasteiger partial charge in [0.05, 0.1) is 5.56 Å². The highest BCUT2D eigenvalue weighted by molar-refractivity contribution is 7.07. The normalized spacial score (nSPS) is 15.0. The van der Waals surface area contributed by atoms with E-state index in [9.17, 15) is 9.59 Å². The van der Waals surface area contributed by atoms with Gasteiger partial charge in [-0.2, -0.15) is 16.8 Å². The zero-order valence-electron chi connectivity index (χ0n) is 21.9. The van der Waals surface area contributed by atoms with Gasteiger partial charge in [-0.1, -0.05) is 23.2 Å². The Morgan fingerprint density at radius 3 is 2.64 bits per heavy atom. The number of hydroxylamine groups is 1. The second-order valence-corrected chi connectivity index (χ2v) is 11.1. The standard InChI is InChI=1S/C27H32Cl2N6O3S/c1-18-15-23(28)32-25(29)24(18)26(36)31-11-3-19(2)34-12-6-21(7-13-34)35(16-20-8-14-39-17-20)27(37)33-38-22-4-9-30-10-5-22/h4-5,8-10,14-15,17,19,21H,3,6-7,11-13,16H2,1-2H3,(H,31,36)(H,33,37)/t19-/m1/s1. The first-order valence-electron chi connectivity index (χ1n) is 12.8. The van der Waals surface area contributed by atoms with Crippen molar-refractivity contribution in [2.75, 3.05) is 19.6 Å². The van der Waals surface area contributed by atoms with Gasteiger partial charge in [0.25, 0.3) is 5.91 Å². The third-order valence-electron chi connectivity index (χ3n) is 6.88. The predicted molar refractivity (Wildman–Crippen MR) is 153 cm³/mol. The number of pyridine rings is 2. The highest BCUT2D eigenvalue weighted by Crippen LogP contribution is 2.23. The molecule has 1 aliphatic rings. The fourth-order valence-electron chi connectivity index (χ4n) is 4.69. The van der Waals surface area contributed by atoms with Crippen molar-refractivity contribution in [3.8, 4) is 5.75 Å². The van der Waals surface area contributed by atoms with Crippen LogP contribution in [-0.4, -0.2) is 63.4 Å². The molecule has 208 valence electrons. The molecule has 1 fully saturated rings. The zero-order chi connectivity index (χ0) is 27.8. The molecule has 0 unspecified atom stereocenters. The summed E-state index contributed by atoms with van der Waals surface area (Å²) in [5, 5.41) is 7.40. The number of amides is 3. The molecule has 0 spiro atoms. The van der Waals surface area contributed by atoms with Crippen LogP contribution in [0.2, 0.25) is 10.3 Å². The molecule has 39 heavy (non-hydrogen) atoms. The fourth-order valence-corrected chi connectivity index (χ4v) is 5.96. The lowest BCUT2D eigenvalue weighted by atomic mass is 10.0. The lowest BCUT2D eigenvalue weighted by Crippen LogP contribution is -2.52. The van der Waals surface area contributed by atoms with Gasteiger partial charge >= 0.3 is 6.03 Å². The largest absolute Gasteiger partial charge is 0.378 e. The summed E-state index contributed by atoms with van der Waals surface area (Å²) in [6, 6.07) is 7.12. The van der Waals surface area contributed by atoms with Gasteiger partial charge in [-0.3, -0.25) is 9.78 Å². The molecule has 9 nitrogen and oxygen atoms in total. The Bertz CT molecular complexity index is 1220. The minimum absolute atomic E-state index is 0.0802. The van der Waals surface area contributed by atoms with E-state index in [-0.39, 0.29) is 34.3 Å². The summed E-state index contributed by atoms with van der Waals surface area (Å²) in [5.74, 6) is 0.269. The minimum Gasteiger partial charge on any atom is -0.378 e. The summed E-state index contributed by atoms with van der Waals surface area (Å²) in [4.78, 5) is 43.5. The monoisotopic (exact) mass is 590 g/mol. The Hall–Kier alpha value is -2.92. The number of carbonyl (C=O) groups excluding carboxylic acids is 2. The molecule has 1 aliphatic heterocycles. The molecule has 0 saturated carbocycles. The van der Waals surface area contributed by atoms with Crippen LogP contribution >= 0.6 is 34.5 Å². The first-order valence-corrected chi connectivity index (χ1v) is 14.5. The number of nitrogens with one attached hydrogen (secondary N) is 2. The molecule has 0 aliphatic carbocycles. The number of aryl methyl sites for hydroxylation is 1. The van der Waals surface area contributed by atoms with Crippen molar-refractivity contribution in [1.29, 1.82) is 0 Å². The molecule has 0 aromatic carbocycles. The number of aromatic nitrogens is 2.